The standard InChI is InChI=1S/C62H48N4O2/c1-41-31-32-63-62(47-38-51(67-2)40-52(39-47)68-3)66(48-19-5-4-6-20-48)61(41)46-34-44(42-17-15-21-49(36-42)64-57-27-11-7-23-53(57)54-24-8-12-28-58(54)64)33-45(35-46)43-18-16-22-50(37-43)65-59-29-13-9-25-55(59)56-26-10-14-30-60(56)65/h4-30,33-40H,31-32H2,1-3H3. The Balaban J connectivity index is 1.09. The number of anilines is 1. The Hall–Kier alpha value is -8.61. The molecule has 0 saturated carbocycles. The first kappa shape index (κ1) is 40.9. The van der Waals surface area contributed by atoms with Gasteiger partial charge in [0.15, 0.2) is 0 Å². The quantitative estimate of drug-likeness (QED) is 0.145. The highest BCUT2D eigenvalue weighted by molar-refractivity contribution is 6.19. The molecule has 6 nitrogen and oxygen atoms in total. The van der Waals surface area contributed by atoms with Gasteiger partial charge in [-0.25, -0.2) is 0 Å². The second-order valence-corrected chi connectivity index (χ2v) is 17.5. The SMILES string of the molecule is COc1cc(OC)cc(C2=NCCC(C)=C(c3cc(-c4cccc(-n5c6ccccc6c6ccccc65)c4)cc(-c4cccc(-n5c6ccccc6c6ccccc65)c4)c3)N2c2ccccc2)c1. The molecule has 2 aromatic heterocycles. The van der Waals surface area contributed by atoms with Gasteiger partial charge in [-0.1, -0.05) is 115 Å². The minimum absolute atomic E-state index is 0.627. The molecule has 3 heterocycles. The number of fused-ring (bicyclic) bond motifs is 6. The lowest BCUT2D eigenvalue weighted by atomic mass is 9.92. The number of hydrogen-bond acceptors (Lipinski definition) is 4. The van der Waals surface area contributed by atoms with Crippen molar-refractivity contribution in [1.82, 2.24) is 9.13 Å². The Kier molecular flexibility index (Phi) is 10.2. The topological polar surface area (TPSA) is 43.9 Å². The summed E-state index contributed by atoms with van der Waals surface area (Å²) in [5.74, 6) is 2.24. The monoisotopic (exact) mass is 880 g/mol. The summed E-state index contributed by atoms with van der Waals surface area (Å²) in [6.07, 6.45) is 0.787. The van der Waals surface area contributed by atoms with Crippen LogP contribution in [0, 0.1) is 0 Å². The second kappa shape index (κ2) is 17.0. The molecule has 0 atom stereocenters. The highest BCUT2D eigenvalue weighted by Crippen LogP contribution is 2.41. The summed E-state index contributed by atoms with van der Waals surface area (Å²) in [5, 5.41) is 4.96. The molecule has 68 heavy (non-hydrogen) atoms. The zero-order valence-corrected chi connectivity index (χ0v) is 38.2. The number of para-hydroxylation sites is 5. The molecular weight excluding hydrogens is 833 g/mol. The van der Waals surface area contributed by atoms with E-state index >= 15 is 0 Å². The van der Waals surface area contributed by atoms with Gasteiger partial charge in [0.1, 0.15) is 17.3 Å². The van der Waals surface area contributed by atoms with E-state index in [1.807, 2.05) is 6.07 Å². The maximum Gasteiger partial charge on any atom is 0.140 e. The van der Waals surface area contributed by atoms with E-state index in [-0.39, 0.29) is 0 Å². The number of methoxy groups -OCH3 is 2. The molecule has 0 spiro atoms. The van der Waals surface area contributed by atoms with Gasteiger partial charge in [0.05, 0.1) is 42.0 Å². The molecule has 328 valence electrons. The molecule has 11 aromatic rings. The summed E-state index contributed by atoms with van der Waals surface area (Å²) >= 11 is 0. The van der Waals surface area contributed by atoms with Crippen molar-refractivity contribution >= 4 is 60.8 Å². The molecule has 6 heteroatoms. The van der Waals surface area contributed by atoms with E-state index in [4.69, 9.17) is 14.5 Å². The van der Waals surface area contributed by atoms with Gasteiger partial charge in [-0.2, -0.15) is 0 Å². The number of benzene rings is 9. The molecule has 0 unspecified atom stereocenters. The Labute approximate surface area is 395 Å². The fourth-order valence-corrected chi connectivity index (χ4v) is 10.3. The van der Waals surface area contributed by atoms with Crippen molar-refractivity contribution in [3.8, 4) is 45.1 Å². The number of rotatable bonds is 9. The van der Waals surface area contributed by atoms with Crippen LogP contribution in [0.25, 0.3) is 82.9 Å². The van der Waals surface area contributed by atoms with E-state index < -0.39 is 0 Å². The van der Waals surface area contributed by atoms with Crippen molar-refractivity contribution in [2.45, 2.75) is 13.3 Å². The Morgan fingerprint density at radius 1 is 0.382 bits per heavy atom. The first-order chi connectivity index (χ1) is 33.5. The molecule has 9 aromatic carbocycles. The minimum atomic E-state index is 0.627. The van der Waals surface area contributed by atoms with Crippen LogP contribution < -0.4 is 14.4 Å². The summed E-state index contributed by atoms with van der Waals surface area (Å²) in [6.45, 7) is 2.88. The number of hydrogen-bond donors (Lipinski definition) is 0. The summed E-state index contributed by atoms with van der Waals surface area (Å²) in [7, 11) is 3.38. The van der Waals surface area contributed by atoms with Crippen LogP contribution in [0.3, 0.4) is 0 Å². The van der Waals surface area contributed by atoms with Gasteiger partial charge in [-0.05, 0) is 138 Å². The maximum atomic E-state index is 5.82. The third-order valence-electron chi connectivity index (χ3n) is 13.5. The van der Waals surface area contributed by atoms with Crippen LogP contribution >= 0.6 is 0 Å². The lowest BCUT2D eigenvalue weighted by Gasteiger charge is -2.30. The molecule has 0 saturated heterocycles. The van der Waals surface area contributed by atoms with Gasteiger partial charge in [0.25, 0.3) is 0 Å². The van der Waals surface area contributed by atoms with Crippen LogP contribution in [-0.2, 0) is 0 Å². The smallest absolute Gasteiger partial charge is 0.140 e. The second-order valence-electron chi connectivity index (χ2n) is 17.5. The molecular formula is C62H48N4O2. The minimum Gasteiger partial charge on any atom is -0.497 e. The van der Waals surface area contributed by atoms with Crippen LogP contribution in [0.4, 0.5) is 5.69 Å². The average molecular weight is 881 g/mol. The van der Waals surface area contributed by atoms with Crippen LogP contribution in [-0.4, -0.2) is 35.7 Å². The zero-order valence-electron chi connectivity index (χ0n) is 38.2. The highest BCUT2D eigenvalue weighted by atomic mass is 16.5. The Morgan fingerprint density at radius 2 is 0.809 bits per heavy atom. The maximum absolute atomic E-state index is 5.82. The van der Waals surface area contributed by atoms with E-state index in [2.05, 4.69) is 227 Å². The van der Waals surface area contributed by atoms with Gasteiger partial charge in [-0.15, -0.1) is 0 Å². The van der Waals surface area contributed by atoms with Gasteiger partial charge in [0.2, 0.25) is 0 Å². The highest BCUT2D eigenvalue weighted by Gasteiger charge is 2.27. The molecule has 0 fully saturated rings. The normalized spacial score (nSPS) is 13.1. The van der Waals surface area contributed by atoms with Crippen molar-refractivity contribution in [3.05, 3.63) is 229 Å². The Bertz CT molecular complexity index is 3500. The van der Waals surface area contributed by atoms with Crippen molar-refractivity contribution < 1.29 is 9.47 Å². The molecule has 0 bridgehead atoms. The number of nitrogens with zero attached hydrogens (tertiary/aromatic N) is 4. The first-order valence-corrected chi connectivity index (χ1v) is 23.2. The summed E-state index contributed by atoms with van der Waals surface area (Å²) in [4.78, 5) is 7.69. The number of aliphatic imine (C=N–C) groups is 1. The number of amidine groups is 1. The number of aromatic nitrogens is 2. The molecule has 0 amide bonds. The lowest BCUT2D eigenvalue weighted by molar-refractivity contribution is 0.394. The van der Waals surface area contributed by atoms with Gasteiger partial charge < -0.3 is 18.6 Å². The molecule has 1 aliphatic rings. The van der Waals surface area contributed by atoms with Crippen LogP contribution in [0.15, 0.2) is 223 Å². The number of ether oxygens (including phenoxy) is 2. The van der Waals surface area contributed by atoms with E-state index in [9.17, 15) is 0 Å². The van der Waals surface area contributed by atoms with Crippen molar-refractivity contribution in [2.24, 2.45) is 4.99 Å². The predicted octanol–water partition coefficient (Wildman–Crippen LogP) is 15.3. The lowest BCUT2D eigenvalue weighted by Crippen LogP contribution is -2.30. The van der Waals surface area contributed by atoms with Crippen LogP contribution in [0.5, 0.6) is 11.5 Å². The van der Waals surface area contributed by atoms with Gasteiger partial charge >= 0.3 is 0 Å². The zero-order chi connectivity index (χ0) is 45.7. The molecule has 0 radical (unpaired) electrons. The molecule has 0 N–H and O–H groups in total. The van der Waals surface area contributed by atoms with Crippen molar-refractivity contribution in [3.63, 3.8) is 0 Å². The van der Waals surface area contributed by atoms with Crippen molar-refractivity contribution in [1.29, 1.82) is 0 Å². The Morgan fingerprint density at radius 3 is 1.28 bits per heavy atom. The fourth-order valence-electron chi connectivity index (χ4n) is 10.3. The van der Waals surface area contributed by atoms with Crippen LogP contribution in [0.1, 0.15) is 24.5 Å². The third kappa shape index (κ3) is 7.01. The van der Waals surface area contributed by atoms with Crippen LogP contribution in [0.2, 0.25) is 0 Å². The third-order valence-corrected chi connectivity index (χ3v) is 13.5. The van der Waals surface area contributed by atoms with E-state index in [0.29, 0.717) is 18.0 Å². The molecule has 1 aliphatic heterocycles. The first-order valence-electron chi connectivity index (χ1n) is 23.2. The van der Waals surface area contributed by atoms with E-state index in [1.54, 1.807) is 14.2 Å². The largest absolute Gasteiger partial charge is 0.497 e. The summed E-state index contributed by atoms with van der Waals surface area (Å²) in [6, 6.07) is 76.5. The summed E-state index contributed by atoms with van der Waals surface area (Å²) in [5.41, 5.74) is 16.8. The molecule has 0 aliphatic carbocycles. The predicted molar refractivity (Wildman–Crippen MR) is 283 cm³/mol. The van der Waals surface area contributed by atoms with Crippen molar-refractivity contribution in [2.75, 3.05) is 25.7 Å². The van der Waals surface area contributed by atoms with E-state index in [1.165, 1.54) is 49.2 Å². The van der Waals surface area contributed by atoms with E-state index in [0.717, 1.165) is 68.4 Å². The van der Waals surface area contributed by atoms with Gasteiger partial charge in [0, 0.05) is 56.8 Å². The average Bonchev–Trinajstić information content (AvgIpc) is 3.85. The molecule has 12 rings (SSSR count). The summed E-state index contributed by atoms with van der Waals surface area (Å²) < 4.78 is 16.4. The fraction of sp³-hybridized carbons (Fsp3) is 0.0806. The van der Waals surface area contributed by atoms with Gasteiger partial charge in [-0.3, -0.25) is 9.89 Å².